The van der Waals surface area contributed by atoms with Crippen LogP contribution in [0.15, 0.2) is 66.3 Å². The molecule has 0 bridgehead atoms. The number of likely N-dealkylation sites (tertiary alicyclic amines) is 1. The number of piperidine rings is 1. The molecule has 0 radical (unpaired) electrons. The highest BCUT2D eigenvalue weighted by molar-refractivity contribution is 7.13. The summed E-state index contributed by atoms with van der Waals surface area (Å²) >= 11 is 7.86. The lowest BCUT2D eigenvalue weighted by atomic mass is 9.49. The average molecular weight is 1050 g/mol. The van der Waals surface area contributed by atoms with Crippen LogP contribution in [-0.2, 0) is 14.4 Å². The van der Waals surface area contributed by atoms with Crippen molar-refractivity contribution in [2.75, 3.05) is 63.8 Å². The monoisotopic (exact) mass is 1050 g/mol. The van der Waals surface area contributed by atoms with E-state index in [4.69, 9.17) is 27.9 Å². The van der Waals surface area contributed by atoms with Gasteiger partial charge < -0.3 is 40.5 Å². The number of aromatic nitrogens is 2. The number of aliphatic hydroxyl groups excluding tert-OH is 1. The van der Waals surface area contributed by atoms with Crippen molar-refractivity contribution in [2.24, 2.45) is 22.2 Å². The number of carbonyl (C=O) groups is 4. The van der Waals surface area contributed by atoms with Gasteiger partial charge in [0.15, 0.2) is 0 Å². The van der Waals surface area contributed by atoms with Gasteiger partial charge >= 0.3 is 0 Å². The van der Waals surface area contributed by atoms with Crippen LogP contribution in [-0.4, -0.2) is 143 Å². The number of anilines is 1. The van der Waals surface area contributed by atoms with Crippen molar-refractivity contribution in [3.05, 3.63) is 99.6 Å². The van der Waals surface area contributed by atoms with Gasteiger partial charge in [-0.3, -0.25) is 24.1 Å². The highest BCUT2D eigenvalue weighted by atomic mass is 35.5. The number of piperazine rings is 1. The van der Waals surface area contributed by atoms with Gasteiger partial charge in [-0.15, -0.1) is 11.3 Å². The molecule has 2 aromatic heterocycles. The fourth-order valence-corrected chi connectivity index (χ4v) is 12.8. The lowest BCUT2D eigenvalue weighted by Gasteiger charge is -2.63. The number of β-amino-alcohol motifs (C(OH)–C–C–N with tert-alkyl or cyclic N) is 1. The highest BCUT2D eigenvalue weighted by Crippen LogP contribution is 2.56. The third-order valence-electron chi connectivity index (χ3n) is 15.8. The minimum absolute atomic E-state index is 0.0144. The van der Waals surface area contributed by atoms with Gasteiger partial charge in [-0.2, -0.15) is 0 Å². The van der Waals surface area contributed by atoms with E-state index in [2.05, 4.69) is 68.2 Å². The first-order chi connectivity index (χ1) is 35.0. The van der Waals surface area contributed by atoms with E-state index in [1.807, 2.05) is 76.5 Å². The first-order valence-corrected chi connectivity index (χ1v) is 27.2. The molecule has 2 aromatic carbocycles. The van der Waals surface area contributed by atoms with Crippen LogP contribution in [0.5, 0.6) is 5.75 Å². The summed E-state index contributed by atoms with van der Waals surface area (Å²) in [6.07, 6.45) is 2.78. The topological polar surface area (TPSA) is 177 Å². The molecule has 16 nitrogen and oxygen atoms in total. The molecule has 0 spiro atoms. The summed E-state index contributed by atoms with van der Waals surface area (Å²) in [5, 5.41) is 20.5. The summed E-state index contributed by atoms with van der Waals surface area (Å²) in [7, 11) is 0. The molecule has 4 amide bonds. The Morgan fingerprint density at radius 1 is 0.932 bits per heavy atom. The summed E-state index contributed by atoms with van der Waals surface area (Å²) < 4.78 is 6.40. The molecule has 1 saturated carbocycles. The van der Waals surface area contributed by atoms with Gasteiger partial charge in [-0.25, -0.2) is 14.8 Å². The van der Waals surface area contributed by atoms with Gasteiger partial charge in [-0.05, 0) is 73.4 Å². The lowest BCUT2D eigenvalue weighted by molar-refractivity contribution is -0.164. The first kappa shape index (κ1) is 54.6. The Labute approximate surface area is 445 Å². The number of aryl methyl sites for hydroxylation is 1. The number of thiazole rings is 1. The second-order valence-corrected chi connectivity index (χ2v) is 24.3. The molecule has 4 atom stereocenters. The van der Waals surface area contributed by atoms with E-state index in [9.17, 15) is 24.3 Å². The summed E-state index contributed by atoms with van der Waals surface area (Å²) in [6.45, 7) is 31.2. The molecule has 3 aliphatic heterocycles. The smallest absolute Gasteiger partial charge is 0.253 e. The van der Waals surface area contributed by atoms with Crippen molar-refractivity contribution in [1.82, 2.24) is 40.6 Å². The normalized spacial score (nSPS) is 23.0. The standard InChI is InChI=1S/C56H73ClN10O6S/c1-34(37-11-13-38(14-12-37)47-35(2)60-33-74-47)61-50(71)44-27-40(68)31-67(44)51(72)48(54(3,4)5)62-46(69)32-65-25-23-64(24-26-65)30-36-19-21-66(22-20-36)45-18-15-39(29-59-45)49(70)63-52-55(6,7)53(56(52,8)9)73-41-16-17-43(58-10)42(57)28-41/h11-18,28-29,33-34,36,40,44,48,52-53,68H,19-27,30-32H2,1-9H3,(H,61,71)(H,62,69)(H,63,70)/t34-,40+,44-,48+,52?,53?/m0/s1. The van der Waals surface area contributed by atoms with E-state index >= 15 is 0 Å². The van der Waals surface area contributed by atoms with Gasteiger partial charge in [0.2, 0.25) is 23.4 Å². The molecule has 3 saturated heterocycles. The zero-order valence-electron chi connectivity index (χ0n) is 44.3. The lowest BCUT2D eigenvalue weighted by Crippen LogP contribution is -2.74. The van der Waals surface area contributed by atoms with E-state index in [0.29, 0.717) is 27.9 Å². The van der Waals surface area contributed by atoms with Crippen molar-refractivity contribution >= 4 is 58.1 Å². The number of nitrogens with zero attached hydrogens (tertiary/aromatic N) is 7. The number of amides is 4. The van der Waals surface area contributed by atoms with E-state index < -0.39 is 23.6 Å². The predicted octanol–water partition coefficient (Wildman–Crippen LogP) is 7.53. The molecule has 8 rings (SSSR count). The zero-order chi connectivity index (χ0) is 53.3. The quantitative estimate of drug-likeness (QED) is 0.0866. The van der Waals surface area contributed by atoms with Gasteiger partial charge in [0.1, 0.15) is 29.8 Å². The van der Waals surface area contributed by atoms with Crippen LogP contribution in [0.1, 0.15) is 102 Å². The van der Waals surface area contributed by atoms with Crippen LogP contribution in [0.2, 0.25) is 5.02 Å². The molecule has 4 aliphatic rings. The number of aliphatic hydroxyl groups is 1. The van der Waals surface area contributed by atoms with Crippen LogP contribution in [0, 0.1) is 35.7 Å². The number of carbonyl (C=O) groups excluding carboxylic acids is 4. The summed E-state index contributed by atoms with van der Waals surface area (Å²) in [4.78, 5) is 77.2. The first-order valence-electron chi connectivity index (χ1n) is 25.9. The molecule has 0 unspecified atom stereocenters. The number of hydrogen-bond donors (Lipinski definition) is 4. The molecule has 4 N–H and O–H groups in total. The molecular weight excluding hydrogens is 976 g/mol. The molecule has 396 valence electrons. The van der Waals surface area contributed by atoms with Gasteiger partial charge in [0.25, 0.3) is 5.91 Å². The molecule has 74 heavy (non-hydrogen) atoms. The molecule has 1 aliphatic carbocycles. The van der Waals surface area contributed by atoms with Crippen molar-refractivity contribution in [3.63, 3.8) is 0 Å². The minimum Gasteiger partial charge on any atom is -0.489 e. The molecule has 18 heteroatoms. The Hall–Kier alpha value is -5.64. The second-order valence-electron chi connectivity index (χ2n) is 23.1. The Bertz CT molecular complexity index is 2690. The SMILES string of the molecule is [C-]#[N+]c1ccc(OC2C(C)(C)C(NC(=O)c3ccc(N4CCC(CN5CCN(CC(=O)N[C@H](C(=O)N6C[C@H](O)C[C@H]6C(=O)N[C@@H](C)c6ccc(-c7scnc7C)cc6)C(C)(C)C)CC5)CC4)nc3)C2(C)C)cc1Cl. The van der Waals surface area contributed by atoms with Gasteiger partial charge in [-0.1, -0.05) is 90.4 Å². The largest absolute Gasteiger partial charge is 0.489 e. The Kier molecular flexibility index (Phi) is 16.5. The van der Waals surface area contributed by atoms with Crippen molar-refractivity contribution in [3.8, 4) is 16.2 Å². The predicted molar refractivity (Wildman–Crippen MR) is 289 cm³/mol. The number of nitrogens with one attached hydrogen (secondary N) is 3. The van der Waals surface area contributed by atoms with Crippen LogP contribution < -0.4 is 25.6 Å². The third kappa shape index (κ3) is 12.1. The van der Waals surface area contributed by atoms with Crippen LogP contribution >= 0.6 is 22.9 Å². The third-order valence-corrected chi connectivity index (χ3v) is 17.0. The molecular formula is C56H73ClN10O6S. The van der Waals surface area contributed by atoms with Crippen molar-refractivity contribution in [1.29, 1.82) is 0 Å². The average Bonchev–Trinajstić information content (AvgIpc) is 3.99. The Morgan fingerprint density at radius 2 is 1.61 bits per heavy atom. The van der Waals surface area contributed by atoms with E-state index in [-0.39, 0.29) is 72.2 Å². The second kappa shape index (κ2) is 22.3. The van der Waals surface area contributed by atoms with Crippen LogP contribution in [0.3, 0.4) is 0 Å². The van der Waals surface area contributed by atoms with Crippen molar-refractivity contribution in [2.45, 2.75) is 118 Å². The van der Waals surface area contributed by atoms with E-state index in [1.165, 1.54) is 4.90 Å². The number of rotatable bonds is 15. The van der Waals surface area contributed by atoms with Crippen molar-refractivity contribution < 1.29 is 29.0 Å². The maximum Gasteiger partial charge on any atom is 0.253 e. The summed E-state index contributed by atoms with van der Waals surface area (Å²) in [6, 6.07) is 14.6. The maximum atomic E-state index is 14.3. The van der Waals surface area contributed by atoms with E-state index in [1.54, 1.807) is 35.7 Å². The highest BCUT2D eigenvalue weighted by Gasteiger charge is 2.64. The van der Waals surface area contributed by atoms with E-state index in [0.717, 1.165) is 86.2 Å². The number of halogens is 1. The fraction of sp³-hybridized carbons (Fsp3) is 0.554. The summed E-state index contributed by atoms with van der Waals surface area (Å²) in [5.41, 5.74) is 4.24. The maximum absolute atomic E-state index is 14.3. The number of hydrogen-bond acceptors (Lipinski definition) is 12. The zero-order valence-corrected chi connectivity index (χ0v) is 45.9. The molecule has 5 heterocycles. The molecule has 4 fully saturated rings. The van der Waals surface area contributed by atoms with Crippen LogP contribution in [0.4, 0.5) is 11.5 Å². The molecule has 4 aromatic rings. The van der Waals surface area contributed by atoms with Gasteiger partial charge in [0, 0.05) is 81.8 Å². The summed E-state index contributed by atoms with van der Waals surface area (Å²) in [5.74, 6) is 0.848. The fourth-order valence-electron chi connectivity index (χ4n) is 11.8. The minimum atomic E-state index is -0.896. The Balaban J connectivity index is 0.758. The Morgan fingerprint density at radius 3 is 2.20 bits per heavy atom. The number of pyridine rings is 1. The van der Waals surface area contributed by atoms with Crippen LogP contribution in [0.25, 0.3) is 15.3 Å². The number of benzene rings is 2. The van der Waals surface area contributed by atoms with Gasteiger partial charge in [0.05, 0.1) is 51.9 Å². The number of ether oxygens (including phenoxy) is 1.